The van der Waals surface area contributed by atoms with Crippen molar-refractivity contribution in [2.75, 3.05) is 0 Å². The Morgan fingerprint density at radius 1 is 0.955 bits per heavy atom. The Labute approximate surface area is 125 Å². The van der Waals surface area contributed by atoms with E-state index in [0.717, 1.165) is 16.6 Å². The van der Waals surface area contributed by atoms with Crippen molar-refractivity contribution in [3.8, 4) is 11.4 Å². The quantitative estimate of drug-likeness (QED) is 0.722. The highest BCUT2D eigenvalue weighted by Crippen LogP contribution is 2.58. The number of hydrogen-bond donors (Lipinski definition) is 1. The highest BCUT2D eigenvalue weighted by molar-refractivity contribution is 5.79. The minimum atomic E-state index is -4.17. The van der Waals surface area contributed by atoms with Crippen LogP contribution in [0.4, 0.5) is 13.2 Å². The molecular weight excluding hydrogens is 289 g/mol. The van der Waals surface area contributed by atoms with Gasteiger partial charge in [-0.05, 0) is 30.5 Å². The molecule has 0 aliphatic heterocycles. The van der Waals surface area contributed by atoms with Crippen LogP contribution in [0.5, 0.6) is 0 Å². The fourth-order valence-electron chi connectivity index (χ4n) is 2.90. The Morgan fingerprint density at radius 3 is 2.23 bits per heavy atom. The SMILES string of the molecule is FC(F)(F)C1(c2ccc(-c3nc4ccccc4[nH]3)cc2)CC1. The average Bonchev–Trinajstić information content (AvgIpc) is 3.21. The molecule has 1 fully saturated rings. The third kappa shape index (κ3) is 1.92. The maximum absolute atomic E-state index is 13.1. The van der Waals surface area contributed by atoms with E-state index < -0.39 is 11.6 Å². The van der Waals surface area contributed by atoms with Crippen LogP contribution in [-0.4, -0.2) is 16.1 Å². The summed E-state index contributed by atoms with van der Waals surface area (Å²) in [4.78, 5) is 7.64. The minimum Gasteiger partial charge on any atom is -0.338 e. The van der Waals surface area contributed by atoms with Crippen LogP contribution in [0.15, 0.2) is 48.5 Å². The number of nitrogens with zero attached hydrogens (tertiary/aromatic N) is 1. The monoisotopic (exact) mass is 302 g/mol. The summed E-state index contributed by atoms with van der Waals surface area (Å²) < 4.78 is 39.4. The Hall–Kier alpha value is -2.30. The molecule has 0 atom stereocenters. The van der Waals surface area contributed by atoms with Gasteiger partial charge in [0.15, 0.2) is 0 Å². The van der Waals surface area contributed by atoms with Crippen molar-refractivity contribution >= 4 is 11.0 Å². The molecule has 1 saturated carbocycles. The second-order valence-electron chi connectivity index (χ2n) is 5.76. The van der Waals surface area contributed by atoms with Crippen LogP contribution in [0.25, 0.3) is 22.4 Å². The molecule has 112 valence electrons. The van der Waals surface area contributed by atoms with Gasteiger partial charge in [-0.1, -0.05) is 36.4 Å². The molecule has 1 aromatic heterocycles. The van der Waals surface area contributed by atoms with Gasteiger partial charge in [-0.2, -0.15) is 13.2 Å². The lowest BCUT2D eigenvalue weighted by Gasteiger charge is -2.19. The van der Waals surface area contributed by atoms with Crippen molar-refractivity contribution in [3.05, 3.63) is 54.1 Å². The first-order valence-electron chi connectivity index (χ1n) is 7.12. The van der Waals surface area contributed by atoms with Gasteiger partial charge in [-0.15, -0.1) is 0 Å². The van der Waals surface area contributed by atoms with Crippen molar-refractivity contribution in [1.82, 2.24) is 9.97 Å². The van der Waals surface area contributed by atoms with E-state index in [1.165, 1.54) is 0 Å². The molecule has 2 aromatic carbocycles. The van der Waals surface area contributed by atoms with E-state index in [1.807, 2.05) is 24.3 Å². The topological polar surface area (TPSA) is 28.7 Å². The molecule has 1 N–H and O–H groups in total. The molecular formula is C17H13F3N2. The number of rotatable bonds is 2. The number of imidazole rings is 1. The number of aromatic amines is 1. The molecule has 0 unspecified atom stereocenters. The highest BCUT2D eigenvalue weighted by atomic mass is 19.4. The Morgan fingerprint density at radius 2 is 1.64 bits per heavy atom. The normalized spacial score (nSPS) is 16.9. The largest absolute Gasteiger partial charge is 0.398 e. The van der Waals surface area contributed by atoms with Crippen molar-refractivity contribution in [2.24, 2.45) is 0 Å². The second-order valence-corrected chi connectivity index (χ2v) is 5.76. The summed E-state index contributed by atoms with van der Waals surface area (Å²) in [6.07, 6.45) is -3.81. The standard InChI is InChI=1S/C17H13F3N2/c18-17(19,20)16(9-10-16)12-7-5-11(6-8-12)15-21-13-3-1-2-4-14(13)22-15/h1-8H,9-10H2,(H,21,22). The molecule has 1 aliphatic rings. The molecule has 0 amide bonds. The summed E-state index contributed by atoms with van der Waals surface area (Å²) in [6.45, 7) is 0. The van der Waals surface area contributed by atoms with Crippen LogP contribution < -0.4 is 0 Å². The maximum Gasteiger partial charge on any atom is 0.398 e. The minimum absolute atomic E-state index is 0.181. The predicted molar refractivity (Wildman–Crippen MR) is 78.5 cm³/mol. The zero-order chi connectivity index (χ0) is 15.4. The van der Waals surface area contributed by atoms with E-state index in [9.17, 15) is 13.2 Å². The van der Waals surface area contributed by atoms with Crippen LogP contribution >= 0.6 is 0 Å². The number of nitrogens with one attached hydrogen (secondary N) is 1. The number of alkyl halides is 3. The summed E-state index contributed by atoms with van der Waals surface area (Å²) in [6, 6.07) is 14.2. The Kier molecular flexibility index (Phi) is 2.64. The molecule has 1 heterocycles. The molecule has 3 aromatic rings. The van der Waals surface area contributed by atoms with E-state index in [0.29, 0.717) is 11.4 Å². The van der Waals surface area contributed by atoms with Crippen molar-refractivity contribution in [2.45, 2.75) is 24.4 Å². The predicted octanol–water partition coefficient (Wildman–Crippen LogP) is 4.82. The van der Waals surface area contributed by atoms with E-state index in [2.05, 4.69) is 9.97 Å². The summed E-state index contributed by atoms with van der Waals surface area (Å²) in [5.41, 5.74) is 1.27. The zero-order valence-corrected chi connectivity index (χ0v) is 11.6. The number of benzene rings is 2. The molecule has 2 nitrogen and oxygen atoms in total. The molecule has 5 heteroatoms. The zero-order valence-electron chi connectivity index (χ0n) is 11.6. The van der Waals surface area contributed by atoms with Crippen LogP contribution in [0.3, 0.4) is 0 Å². The lowest BCUT2D eigenvalue weighted by atomic mass is 9.94. The van der Waals surface area contributed by atoms with Gasteiger partial charge >= 0.3 is 6.18 Å². The number of aromatic nitrogens is 2. The fourth-order valence-corrected chi connectivity index (χ4v) is 2.90. The van der Waals surface area contributed by atoms with Gasteiger partial charge in [0, 0.05) is 5.56 Å². The van der Waals surface area contributed by atoms with E-state index in [1.54, 1.807) is 24.3 Å². The van der Waals surface area contributed by atoms with Crippen molar-refractivity contribution < 1.29 is 13.2 Å². The molecule has 0 saturated heterocycles. The first kappa shape index (κ1) is 13.4. The third-order valence-corrected chi connectivity index (χ3v) is 4.39. The first-order chi connectivity index (χ1) is 10.5. The van der Waals surface area contributed by atoms with Gasteiger partial charge in [0.05, 0.1) is 16.4 Å². The van der Waals surface area contributed by atoms with Crippen LogP contribution in [-0.2, 0) is 5.41 Å². The molecule has 0 radical (unpaired) electrons. The number of para-hydroxylation sites is 2. The van der Waals surface area contributed by atoms with Crippen LogP contribution in [0.1, 0.15) is 18.4 Å². The van der Waals surface area contributed by atoms with E-state index in [-0.39, 0.29) is 12.8 Å². The Bertz CT molecular complexity index is 794. The molecule has 1 aliphatic carbocycles. The summed E-state index contributed by atoms with van der Waals surface area (Å²) in [5, 5.41) is 0. The molecule has 0 bridgehead atoms. The van der Waals surface area contributed by atoms with Crippen molar-refractivity contribution in [3.63, 3.8) is 0 Å². The second kappa shape index (κ2) is 4.35. The van der Waals surface area contributed by atoms with Crippen LogP contribution in [0, 0.1) is 0 Å². The lowest BCUT2D eigenvalue weighted by molar-refractivity contribution is -0.160. The lowest BCUT2D eigenvalue weighted by Crippen LogP contribution is -2.28. The highest BCUT2D eigenvalue weighted by Gasteiger charge is 2.64. The number of H-pyrrole nitrogens is 1. The van der Waals surface area contributed by atoms with Crippen molar-refractivity contribution in [1.29, 1.82) is 0 Å². The molecule has 4 rings (SSSR count). The summed E-state index contributed by atoms with van der Waals surface area (Å²) >= 11 is 0. The van der Waals surface area contributed by atoms with Gasteiger partial charge in [0.2, 0.25) is 0 Å². The van der Waals surface area contributed by atoms with Gasteiger partial charge in [0.25, 0.3) is 0 Å². The van der Waals surface area contributed by atoms with Gasteiger partial charge in [-0.25, -0.2) is 4.98 Å². The average molecular weight is 302 g/mol. The van der Waals surface area contributed by atoms with Gasteiger partial charge in [0.1, 0.15) is 5.82 Å². The van der Waals surface area contributed by atoms with Gasteiger partial charge in [-0.3, -0.25) is 0 Å². The molecule has 0 spiro atoms. The fraction of sp³-hybridized carbons (Fsp3) is 0.235. The third-order valence-electron chi connectivity index (χ3n) is 4.39. The maximum atomic E-state index is 13.1. The smallest absolute Gasteiger partial charge is 0.338 e. The van der Waals surface area contributed by atoms with Crippen LogP contribution in [0.2, 0.25) is 0 Å². The number of halogens is 3. The summed E-state index contributed by atoms with van der Waals surface area (Å²) in [5.74, 6) is 0.671. The first-order valence-corrected chi connectivity index (χ1v) is 7.12. The summed E-state index contributed by atoms with van der Waals surface area (Å²) in [7, 11) is 0. The number of fused-ring (bicyclic) bond motifs is 1. The number of hydrogen-bond acceptors (Lipinski definition) is 1. The Balaban J connectivity index is 1.70. The van der Waals surface area contributed by atoms with E-state index >= 15 is 0 Å². The van der Waals surface area contributed by atoms with E-state index in [4.69, 9.17) is 0 Å². The molecule has 22 heavy (non-hydrogen) atoms. The van der Waals surface area contributed by atoms with Gasteiger partial charge < -0.3 is 4.98 Å².